The van der Waals surface area contributed by atoms with Crippen LogP contribution >= 0.6 is 11.6 Å². The zero-order valence-corrected chi connectivity index (χ0v) is 11.3. The van der Waals surface area contributed by atoms with Crippen molar-refractivity contribution >= 4 is 28.9 Å². The molecule has 1 aliphatic heterocycles. The Morgan fingerprint density at radius 3 is 2.80 bits per heavy atom. The second-order valence-corrected chi connectivity index (χ2v) is 5.12. The second kappa shape index (κ2) is 4.80. The molecule has 0 radical (unpaired) electrons. The summed E-state index contributed by atoms with van der Waals surface area (Å²) in [7, 11) is 0. The monoisotopic (exact) mass is 290 g/mol. The minimum atomic E-state index is -0.348. The van der Waals surface area contributed by atoms with E-state index >= 15 is 0 Å². The molecule has 0 aromatic heterocycles. The van der Waals surface area contributed by atoms with Crippen LogP contribution < -0.4 is 10.6 Å². The third-order valence-electron chi connectivity index (χ3n) is 3.43. The maximum atomic E-state index is 13.3. The molecule has 0 aliphatic carbocycles. The Morgan fingerprint density at radius 2 is 2.05 bits per heavy atom. The van der Waals surface area contributed by atoms with Gasteiger partial charge in [-0.1, -0.05) is 17.7 Å². The zero-order chi connectivity index (χ0) is 14.3. The van der Waals surface area contributed by atoms with Gasteiger partial charge in [-0.25, -0.2) is 4.39 Å². The Kier molecular flexibility index (Phi) is 3.10. The van der Waals surface area contributed by atoms with Crippen LogP contribution in [0.4, 0.5) is 15.8 Å². The van der Waals surface area contributed by atoms with Crippen molar-refractivity contribution in [1.29, 1.82) is 0 Å². The summed E-state index contributed by atoms with van der Waals surface area (Å²) in [6.07, 6.45) is 0.727. The summed E-state index contributed by atoms with van der Waals surface area (Å²) < 4.78 is 13.3. The molecule has 0 fully saturated rings. The van der Waals surface area contributed by atoms with E-state index in [9.17, 15) is 9.18 Å². The number of benzene rings is 2. The van der Waals surface area contributed by atoms with E-state index in [0.29, 0.717) is 28.5 Å². The van der Waals surface area contributed by atoms with Gasteiger partial charge in [0, 0.05) is 12.1 Å². The molecule has 20 heavy (non-hydrogen) atoms. The summed E-state index contributed by atoms with van der Waals surface area (Å²) >= 11 is 5.85. The normalized spacial score (nSPS) is 13.4. The third kappa shape index (κ3) is 2.12. The van der Waals surface area contributed by atoms with E-state index in [1.54, 1.807) is 29.2 Å². The van der Waals surface area contributed by atoms with Crippen LogP contribution in [0.1, 0.15) is 15.9 Å². The molecule has 2 aromatic carbocycles. The molecule has 0 bridgehead atoms. The first-order valence-electron chi connectivity index (χ1n) is 6.21. The first-order valence-corrected chi connectivity index (χ1v) is 6.59. The number of nitrogen functional groups attached to an aromatic ring is 1. The Labute approximate surface area is 120 Å². The van der Waals surface area contributed by atoms with Crippen molar-refractivity contribution < 1.29 is 9.18 Å². The van der Waals surface area contributed by atoms with E-state index in [-0.39, 0.29) is 11.7 Å². The van der Waals surface area contributed by atoms with Gasteiger partial charge < -0.3 is 10.6 Å². The van der Waals surface area contributed by atoms with Crippen LogP contribution in [-0.2, 0) is 6.42 Å². The first-order chi connectivity index (χ1) is 9.56. The molecule has 0 spiro atoms. The van der Waals surface area contributed by atoms with E-state index in [4.69, 9.17) is 17.3 Å². The van der Waals surface area contributed by atoms with Crippen molar-refractivity contribution in [2.75, 3.05) is 17.2 Å². The van der Waals surface area contributed by atoms with Crippen molar-refractivity contribution in [2.45, 2.75) is 6.42 Å². The maximum absolute atomic E-state index is 13.3. The molecule has 0 unspecified atom stereocenters. The molecule has 1 heterocycles. The zero-order valence-electron chi connectivity index (χ0n) is 10.6. The van der Waals surface area contributed by atoms with Crippen molar-refractivity contribution in [1.82, 2.24) is 0 Å². The third-order valence-corrected chi connectivity index (χ3v) is 3.78. The quantitative estimate of drug-likeness (QED) is 0.819. The number of nitrogens with two attached hydrogens (primary N) is 1. The Balaban J connectivity index is 1.97. The van der Waals surface area contributed by atoms with Crippen LogP contribution in [0, 0.1) is 5.82 Å². The highest BCUT2D eigenvalue weighted by atomic mass is 35.5. The predicted molar refractivity (Wildman–Crippen MR) is 77.6 cm³/mol. The predicted octanol–water partition coefficient (Wildman–Crippen LogP) is 3.26. The minimum absolute atomic E-state index is 0.197. The second-order valence-electron chi connectivity index (χ2n) is 4.72. The molecule has 0 saturated carbocycles. The van der Waals surface area contributed by atoms with Crippen LogP contribution in [0.15, 0.2) is 36.4 Å². The largest absolute Gasteiger partial charge is 0.398 e. The molecule has 102 valence electrons. The van der Waals surface area contributed by atoms with E-state index in [0.717, 1.165) is 12.0 Å². The van der Waals surface area contributed by atoms with Gasteiger partial charge in [-0.05, 0) is 42.3 Å². The summed E-state index contributed by atoms with van der Waals surface area (Å²) in [6.45, 7) is 0.542. The van der Waals surface area contributed by atoms with Crippen molar-refractivity contribution in [3.8, 4) is 0 Å². The van der Waals surface area contributed by atoms with Crippen LogP contribution in [0.2, 0.25) is 5.02 Å². The molecular formula is C15H12ClFN2O. The molecule has 2 N–H and O–H groups in total. The summed E-state index contributed by atoms with van der Waals surface area (Å²) in [6, 6.07) is 9.27. The Bertz CT molecular complexity index is 702. The highest BCUT2D eigenvalue weighted by Crippen LogP contribution is 2.30. The lowest BCUT2D eigenvalue weighted by Crippen LogP contribution is -2.29. The number of halogens is 2. The van der Waals surface area contributed by atoms with E-state index in [1.807, 2.05) is 0 Å². The lowest BCUT2D eigenvalue weighted by atomic mass is 10.1. The van der Waals surface area contributed by atoms with Gasteiger partial charge in [0.05, 0.1) is 16.4 Å². The topological polar surface area (TPSA) is 46.3 Å². The van der Waals surface area contributed by atoms with Crippen molar-refractivity contribution in [2.24, 2.45) is 0 Å². The Morgan fingerprint density at radius 1 is 1.25 bits per heavy atom. The van der Waals surface area contributed by atoms with Gasteiger partial charge in [-0.15, -0.1) is 0 Å². The maximum Gasteiger partial charge on any atom is 0.258 e. The van der Waals surface area contributed by atoms with Gasteiger partial charge in [0.2, 0.25) is 0 Å². The van der Waals surface area contributed by atoms with Gasteiger partial charge in [0.15, 0.2) is 0 Å². The van der Waals surface area contributed by atoms with E-state index < -0.39 is 0 Å². The van der Waals surface area contributed by atoms with E-state index in [1.165, 1.54) is 12.1 Å². The van der Waals surface area contributed by atoms with Gasteiger partial charge >= 0.3 is 0 Å². The molecule has 1 amide bonds. The average molecular weight is 291 g/mol. The summed E-state index contributed by atoms with van der Waals surface area (Å²) in [4.78, 5) is 14.1. The van der Waals surface area contributed by atoms with Gasteiger partial charge in [0.1, 0.15) is 5.82 Å². The van der Waals surface area contributed by atoms with Crippen molar-refractivity contribution in [3.05, 3.63) is 58.4 Å². The van der Waals surface area contributed by atoms with Gasteiger partial charge in [-0.2, -0.15) is 0 Å². The smallest absolute Gasteiger partial charge is 0.258 e. The molecule has 0 atom stereocenters. The fourth-order valence-corrected chi connectivity index (χ4v) is 2.51. The number of carbonyl (C=O) groups excluding carboxylic acids is 1. The number of hydrogen-bond donors (Lipinski definition) is 1. The summed E-state index contributed by atoms with van der Waals surface area (Å²) in [5.74, 6) is -0.545. The minimum Gasteiger partial charge on any atom is -0.398 e. The lowest BCUT2D eigenvalue weighted by Gasteiger charge is -2.17. The van der Waals surface area contributed by atoms with Gasteiger partial charge in [0.25, 0.3) is 5.91 Å². The summed E-state index contributed by atoms with van der Waals surface area (Å²) in [5.41, 5.74) is 8.12. The number of rotatable bonds is 1. The average Bonchev–Trinajstić information content (AvgIpc) is 2.84. The SMILES string of the molecule is Nc1cc(C(=O)N2CCc3ccc(F)cc32)ccc1Cl. The number of hydrogen-bond acceptors (Lipinski definition) is 2. The fraction of sp³-hybridized carbons (Fsp3) is 0.133. The molecular weight excluding hydrogens is 279 g/mol. The van der Waals surface area contributed by atoms with Crippen LogP contribution in [0.5, 0.6) is 0 Å². The number of carbonyl (C=O) groups is 1. The molecule has 3 rings (SSSR count). The molecule has 3 nitrogen and oxygen atoms in total. The van der Waals surface area contributed by atoms with Crippen LogP contribution in [0.25, 0.3) is 0 Å². The number of anilines is 2. The standard InChI is InChI=1S/C15H12ClFN2O/c16-12-4-2-10(7-13(12)18)15(20)19-6-5-9-1-3-11(17)8-14(9)19/h1-4,7-8H,5-6,18H2. The summed E-state index contributed by atoms with van der Waals surface area (Å²) in [5, 5.41) is 0.411. The van der Waals surface area contributed by atoms with Crippen LogP contribution in [0.3, 0.4) is 0 Å². The van der Waals surface area contributed by atoms with Crippen molar-refractivity contribution in [3.63, 3.8) is 0 Å². The molecule has 0 saturated heterocycles. The van der Waals surface area contributed by atoms with E-state index in [2.05, 4.69) is 0 Å². The Hall–Kier alpha value is -2.07. The molecule has 5 heteroatoms. The molecule has 1 aliphatic rings. The fourth-order valence-electron chi connectivity index (χ4n) is 2.40. The first kappa shape index (κ1) is 12.9. The highest BCUT2D eigenvalue weighted by Gasteiger charge is 2.26. The number of amides is 1. The number of nitrogens with zero attached hydrogens (tertiary/aromatic N) is 1. The van der Waals surface area contributed by atoms with Gasteiger partial charge in [-0.3, -0.25) is 4.79 Å². The molecule has 2 aromatic rings. The highest BCUT2D eigenvalue weighted by molar-refractivity contribution is 6.33. The number of fused-ring (bicyclic) bond motifs is 1. The lowest BCUT2D eigenvalue weighted by molar-refractivity contribution is 0.0989. The van der Waals surface area contributed by atoms with Crippen LogP contribution in [-0.4, -0.2) is 12.5 Å².